The summed E-state index contributed by atoms with van der Waals surface area (Å²) in [6, 6.07) is 16.1. The number of hydrogen-bond donors (Lipinski definition) is 1. The SMILES string of the molecule is C[C@](C(=O)O)(c1ccccc1)N1Cc2ccccc2C1=O. The average Bonchev–Trinajstić information content (AvgIpc) is 2.85. The van der Waals surface area contributed by atoms with Crippen LogP contribution in [0.5, 0.6) is 0 Å². The molecular weight excluding hydrogens is 266 g/mol. The van der Waals surface area contributed by atoms with Gasteiger partial charge in [-0.15, -0.1) is 0 Å². The summed E-state index contributed by atoms with van der Waals surface area (Å²) < 4.78 is 0. The predicted octanol–water partition coefficient (Wildman–Crippen LogP) is 2.64. The van der Waals surface area contributed by atoms with Crippen LogP contribution in [0, 0.1) is 0 Å². The minimum absolute atomic E-state index is 0.237. The summed E-state index contributed by atoms with van der Waals surface area (Å²) in [5.74, 6) is -1.27. The van der Waals surface area contributed by atoms with E-state index < -0.39 is 11.5 Å². The van der Waals surface area contributed by atoms with E-state index in [-0.39, 0.29) is 5.91 Å². The van der Waals surface area contributed by atoms with Gasteiger partial charge in [-0.05, 0) is 24.1 Å². The first kappa shape index (κ1) is 13.4. The van der Waals surface area contributed by atoms with Crippen LogP contribution in [0.1, 0.15) is 28.4 Å². The molecule has 0 radical (unpaired) electrons. The number of carbonyl (C=O) groups excluding carboxylic acids is 1. The Kier molecular flexibility index (Phi) is 3.01. The molecule has 0 unspecified atom stereocenters. The second-order valence-corrected chi connectivity index (χ2v) is 5.29. The third-order valence-corrected chi connectivity index (χ3v) is 4.11. The van der Waals surface area contributed by atoms with Crippen molar-refractivity contribution in [2.45, 2.75) is 19.0 Å². The number of carbonyl (C=O) groups is 2. The molecular formula is C17H15NO3. The molecule has 2 aromatic carbocycles. The lowest BCUT2D eigenvalue weighted by atomic mass is 9.90. The Balaban J connectivity index is 2.09. The number of rotatable bonds is 3. The van der Waals surface area contributed by atoms with Gasteiger partial charge in [-0.25, -0.2) is 4.79 Å². The van der Waals surface area contributed by atoms with Crippen LogP contribution in [-0.2, 0) is 16.9 Å². The number of fused-ring (bicyclic) bond motifs is 1. The molecule has 0 saturated heterocycles. The van der Waals surface area contributed by atoms with Crippen molar-refractivity contribution in [3.05, 3.63) is 71.3 Å². The van der Waals surface area contributed by atoms with Crippen molar-refractivity contribution in [1.29, 1.82) is 0 Å². The van der Waals surface area contributed by atoms with Crippen LogP contribution in [-0.4, -0.2) is 21.9 Å². The van der Waals surface area contributed by atoms with Gasteiger partial charge in [0, 0.05) is 12.1 Å². The first-order chi connectivity index (χ1) is 10.0. The number of carboxylic acids is 1. The van der Waals surface area contributed by atoms with Crippen molar-refractivity contribution < 1.29 is 14.7 Å². The Labute approximate surface area is 122 Å². The molecule has 0 saturated carbocycles. The van der Waals surface area contributed by atoms with E-state index in [1.54, 1.807) is 43.3 Å². The van der Waals surface area contributed by atoms with Crippen molar-refractivity contribution in [1.82, 2.24) is 4.90 Å². The number of amides is 1. The highest BCUT2D eigenvalue weighted by molar-refractivity contribution is 6.01. The van der Waals surface area contributed by atoms with Crippen LogP contribution >= 0.6 is 0 Å². The molecule has 4 heteroatoms. The van der Waals surface area contributed by atoms with Gasteiger partial charge in [0.2, 0.25) is 0 Å². The minimum Gasteiger partial charge on any atom is -0.479 e. The van der Waals surface area contributed by atoms with Gasteiger partial charge in [-0.2, -0.15) is 0 Å². The van der Waals surface area contributed by atoms with Crippen LogP contribution in [0.3, 0.4) is 0 Å². The quantitative estimate of drug-likeness (QED) is 0.941. The van der Waals surface area contributed by atoms with Crippen LogP contribution in [0.4, 0.5) is 0 Å². The van der Waals surface area contributed by atoms with E-state index >= 15 is 0 Å². The summed E-state index contributed by atoms with van der Waals surface area (Å²) >= 11 is 0. The Morgan fingerprint density at radius 3 is 2.33 bits per heavy atom. The molecule has 0 fully saturated rings. The largest absolute Gasteiger partial charge is 0.479 e. The van der Waals surface area contributed by atoms with Gasteiger partial charge >= 0.3 is 5.97 Å². The number of aliphatic carboxylic acids is 1. The lowest BCUT2D eigenvalue weighted by molar-refractivity contribution is -0.149. The second kappa shape index (κ2) is 4.74. The summed E-state index contributed by atoms with van der Waals surface area (Å²) in [5, 5.41) is 9.75. The van der Waals surface area contributed by atoms with Crippen molar-refractivity contribution in [2.75, 3.05) is 0 Å². The molecule has 1 aliphatic rings. The molecule has 1 atom stereocenters. The maximum Gasteiger partial charge on any atom is 0.334 e. The molecule has 1 heterocycles. The molecule has 4 nitrogen and oxygen atoms in total. The molecule has 106 valence electrons. The topological polar surface area (TPSA) is 57.6 Å². The Morgan fingerprint density at radius 2 is 1.71 bits per heavy atom. The van der Waals surface area contributed by atoms with Crippen molar-refractivity contribution in [3.8, 4) is 0 Å². The summed E-state index contributed by atoms with van der Waals surface area (Å²) in [6.07, 6.45) is 0. The molecule has 1 amide bonds. The number of nitrogens with zero attached hydrogens (tertiary/aromatic N) is 1. The molecule has 1 aliphatic heterocycles. The summed E-state index contributed by atoms with van der Waals surface area (Å²) in [5.41, 5.74) is 0.669. The van der Waals surface area contributed by atoms with E-state index in [0.717, 1.165) is 5.56 Å². The van der Waals surface area contributed by atoms with Crippen molar-refractivity contribution >= 4 is 11.9 Å². The van der Waals surface area contributed by atoms with E-state index in [1.165, 1.54) is 4.90 Å². The molecule has 3 rings (SSSR count). The molecule has 21 heavy (non-hydrogen) atoms. The fourth-order valence-electron chi connectivity index (χ4n) is 2.77. The third-order valence-electron chi connectivity index (χ3n) is 4.11. The second-order valence-electron chi connectivity index (χ2n) is 5.29. The van der Waals surface area contributed by atoms with Gasteiger partial charge in [-0.3, -0.25) is 4.79 Å². The Hall–Kier alpha value is -2.62. The van der Waals surface area contributed by atoms with Gasteiger partial charge in [0.05, 0.1) is 0 Å². The van der Waals surface area contributed by atoms with E-state index in [1.807, 2.05) is 18.2 Å². The number of carboxylic acid groups (broad SMARTS) is 1. The highest BCUT2D eigenvalue weighted by Crippen LogP contribution is 2.36. The monoisotopic (exact) mass is 281 g/mol. The molecule has 0 aromatic heterocycles. The third kappa shape index (κ3) is 1.91. The van der Waals surface area contributed by atoms with Crippen molar-refractivity contribution in [3.63, 3.8) is 0 Å². The fraction of sp³-hybridized carbons (Fsp3) is 0.176. The van der Waals surface area contributed by atoms with Gasteiger partial charge in [0.15, 0.2) is 5.54 Å². The van der Waals surface area contributed by atoms with Crippen LogP contribution in [0.2, 0.25) is 0 Å². The van der Waals surface area contributed by atoms with Gasteiger partial charge in [-0.1, -0.05) is 48.5 Å². The first-order valence-electron chi connectivity index (χ1n) is 6.74. The zero-order chi connectivity index (χ0) is 15.0. The zero-order valence-electron chi connectivity index (χ0n) is 11.6. The summed E-state index contributed by atoms with van der Waals surface area (Å²) in [6.45, 7) is 1.89. The van der Waals surface area contributed by atoms with Gasteiger partial charge < -0.3 is 10.0 Å². The van der Waals surface area contributed by atoms with E-state index in [9.17, 15) is 14.7 Å². The van der Waals surface area contributed by atoms with E-state index in [4.69, 9.17) is 0 Å². The Morgan fingerprint density at radius 1 is 1.10 bits per heavy atom. The van der Waals surface area contributed by atoms with Crippen molar-refractivity contribution in [2.24, 2.45) is 0 Å². The lowest BCUT2D eigenvalue weighted by Crippen LogP contribution is -2.49. The zero-order valence-corrected chi connectivity index (χ0v) is 11.6. The summed E-state index contributed by atoms with van der Waals surface area (Å²) in [4.78, 5) is 25.9. The first-order valence-corrected chi connectivity index (χ1v) is 6.74. The highest BCUT2D eigenvalue weighted by atomic mass is 16.4. The standard InChI is InChI=1S/C17H15NO3/c1-17(16(20)21,13-8-3-2-4-9-13)18-11-12-7-5-6-10-14(12)15(18)19/h2-10H,11H2,1H3,(H,20,21)/t17-/m1/s1. The molecule has 0 spiro atoms. The van der Waals surface area contributed by atoms with E-state index in [2.05, 4.69) is 0 Å². The van der Waals surface area contributed by atoms with Crippen LogP contribution in [0.15, 0.2) is 54.6 Å². The maximum atomic E-state index is 12.6. The average molecular weight is 281 g/mol. The molecule has 0 aliphatic carbocycles. The normalized spacial score (nSPS) is 16.4. The van der Waals surface area contributed by atoms with Crippen LogP contribution < -0.4 is 0 Å². The molecule has 0 bridgehead atoms. The maximum absolute atomic E-state index is 12.6. The fourth-order valence-corrected chi connectivity index (χ4v) is 2.77. The minimum atomic E-state index is -1.38. The van der Waals surface area contributed by atoms with E-state index in [0.29, 0.717) is 17.7 Å². The summed E-state index contributed by atoms with van der Waals surface area (Å²) in [7, 11) is 0. The highest BCUT2D eigenvalue weighted by Gasteiger charge is 2.47. The van der Waals surface area contributed by atoms with Gasteiger partial charge in [0.1, 0.15) is 0 Å². The number of benzene rings is 2. The lowest BCUT2D eigenvalue weighted by Gasteiger charge is -2.35. The smallest absolute Gasteiger partial charge is 0.334 e. The van der Waals surface area contributed by atoms with Crippen LogP contribution in [0.25, 0.3) is 0 Å². The molecule has 1 N–H and O–H groups in total. The Bertz CT molecular complexity index is 711. The predicted molar refractivity (Wildman–Crippen MR) is 77.7 cm³/mol. The number of hydrogen-bond acceptors (Lipinski definition) is 2. The molecule has 2 aromatic rings. The van der Waals surface area contributed by atoms with Gasteiger partial charge in [0.25, 0.3) is 5.91 Å².